The molecular formula is C20H30Cl3N5O2S. The third-order valence-corrected chi connectivity index (χ3v) is 7.35. The van der Waals surface area contributed by atoms with Crippen LogP contribution in [0.15, 0.2) is 17.3 Å². The van der Waals surface area contributed by atoms with E-state index in [0.29, 0.717) is 5.25 Å². The summed E-state index contributed by atoms with van der Waals surface area (Å²) in [5.74, 6) is 0.163. The number of benzene rings is 1. The van der Waals surface area contributed by atoms with Crippen LogP contribution in [0, 0.1) is 0 Å². The number of halogens is 3. The maximum atomic E-state index is 11.5. The van der Waals surface area contributed by atoms with Gasteiger partial charge in [-0.15, -0.1) is 24.8 Å². The number of hydrogen-bond donors (Lipinski definition) is 2. The fourth-order valence-corrected chi connectivity index (χ4v) is 5.46. The number of aromatic nitrogens is 2. The molecule has 2 fully saturated rings. The fraction of sp³-hybridized carbons (Fsp3) is 0.600. The molecule has 2 N–H and O–H groups in total. The first-order valence-electron chi connectivity index (χ1n) is 10.2. The number of piperidine rings is 1. The molecule has 174 valence electrons. The SMILES string of the molecule is CC(=O)N1CCC(Sc2nc3cc(N4CCN(CCO)CC4)c(Cl)cc3[nH]2)CC1.Cl.Cl. The van der Waals surface area contributed by atoms with Gasteiger partial charge in [0.1, 0.15) is 0 Å². The Bertz CT molecular complexity index is 868. The number of aromatic amines is 1. The Balaban J connectivity index is 0.00000171. The molecule has 0 atom stereocenters. The maximum absolute atomic E-state index is 11.5. The van der Waals surface area contributed by atoms with Gasteiger partial charge in [0.2, 0.25) is 5.91 Å². The van der Waals surface area contributed by atoms with E-state index < -0.39 is 0 Å². The Labute approximate surface area is 204 Å². The highest BCUT2D eigenvalue weighted by Gasteiger charge is 2.23. The number of rotatable bonds is 5. The van der Waals surface area contributed by atoms with E-state index >= 15 is 0 Å². The summed E-state index contributed by atoms with van der Waals surface area (Å²) in [6.07, 6.45) is 1.98. The highest BCUT2D eigenvalue weighted by molar-refractivity contribution is 7.99. The van der Waals surface area contributed by atoms with Crippen molar-refractivity contribution in [3.05, 3.63) is 17.2 Å². The smallest absolute Gasteiger partial charge is 0.219 e. The third-order valence-electron chi connectivity index (χ3n) is 5.82. The predicted molar refractivity (Wildman–Crippen MR) is 132 cm³/mol. The van der Waals surface area contributed by atoms with Crippen molar-refractivity contribution in [2.45, 2.75) is 30.2 Å². The topological polar surface area (TPSA) is 75.7 Å². The molecule has 11 heteroatoms. The van der Waals surface area contributed by atoms with Gasteiger partial charge in [-0.3, -0.25) is 9.69 Å². The average Bonchev–Trinajstić information content (AvgIpc) is 3.09. The molecule has 0 aliphatic carbocycles. The first-order chi connectivity index (χ1) is 14.0. The van der Waals surface area contributed by atoms with Crippen molar-refractivity contribution in [2.24, 2.45) is 0 Å². The van der Waals surface area contributed by atoms with E-state index in [1.807, 2.05) is 11.0 Å². The van der Waals surface area contributed by atoms with Crippen LogP contribution in [-0.2, 0) is 4.79 Å². The highest BCUT2D eigenvalue weighted by Crippen LogP contribution is 2.34. The van der Waals surface area contributed by atoms with Gasteiger partial charge in [-0.25, -0.2) is 4.98 Å². The van der Waals surface area contributed by atoms with E-state index in [0.717, 1.165) is 85.6 Å². The number of nitrogens with zero attached hydrogens (tertiary/aromatic N) is 4. The summed E-state index contributed by atoms with van der Waals surface area (Å²) in [7, 11) is 0. The Kier molecular flexibility index (Phi) is 10.0. The molecule has 4 rings (SSSR count). The van der Waals surface area contributed by atoms with Crippen LogP contribution in [0.4, 0.5) is 5.69 Å². The Morgan fingerprint density at radius 3 is 2.48 bits per heavy atom. The number of aliphatic hydroxyl groups excluding tert-OH is 1. The molecule has 1 aromatic carbocycles. The number of piperazine rings is 1. The number of carbonyl (C=O) groups excluding carboxylic acids is 1. The molecule has 1 amide bonds. The molecule has 0 unspecified atom stereocenters. The van der Waals surface area contributed by atoms with Crippen LogP contribution in [0.25, 0.3) is 11.0 Å². The van der Waals surface area contributed by atoms with E-state index in [4.69, 9.17) is 21.7 Å². The molecule has 0 spiro atoms. The van der Waals surface area contributed by atoms with Crippen LogP contribution in [-0.4, -0.2) is 88.5 Å². The number of likely N-dealkylation sites (tertiary alicyclic amines) is 1. The number of nitrogens with one attached hydrogen (secondary N) is 1. The molecule has 31 heavy (non-hydrogen) atoms. The van der Waals surface area contributed by atoms with Crippen LogP contribution in [0.3, 0.4) is 0 Å². The van der Waals surface area contributed by atoms with Gasteiger partial charge in [-0.2, -0.15) is 0 Å². The van der Waals surface area contributed by atoms with Crippen LogP contribution in [0.1, 0.15) is 19.8 Å². The molecule has 1 aromatic heterocycles. The van der Waals surface area contributed by atoms with Crippen LogP contribution < -0.4 is 4.90 Å². The second-order valence-corrected chi connectivity index (χ2v) is 9.43. The number of H-pyrrole nitrogens is 1. The second-order valence-electron chi connectivity index (χ2n) is 7.74. The molecule has 2 aromatic rings. The molecule has 7 nitrogen and oxygen atoms in total. The van der Waals surface area contributed by atoms with Crippen molar-refractivity contribution in [3.63, 3.8) is 0 Å². The van der Waals surface area contributed by atoms with E-state index in [1.165, 1.54) is 0 Å². The minimum atomic E-state index is 0. The molecular weight excluding hydrogens is 481 g/mol. The normalized spacial score (nSPS) is 18.0. The largest absolute Gasteiger partial charge is 0.395 e. The average molecular weight is 511 g/mol. The number of aliphatic hydroxyl groups is 1. The summed E-state index contributed by atoms with van der Waals surface area (Å²) in [5, 5.41) is 11.2. The zero-order chi connectivity index (χ0) is 20.4. The number of amides is 1. The first-order valence-corrected chi connectivity index (χ1v) is 11.5. The first kappa shape index (κ1) is 26.4. The quantitative estimate of drug-likeness (QED) is 0.643. The lowest BCUT2D eigenvalue weighted by Gasteiger charge is -2.36. The highest BCUT2D eigenvalue weighted by atomic mass is 35.5. The summed E-state index contributed by atoms with van der Waals surface area (Å²) in [6, 6.07) is 4.06. The lowest BCUT2D eigenvalue weighted by Crippen LogP contribution is -2.47. The standard InChI is InChI=1S/C20H28ClN5O2S.2ClH/c1-14(28)25-4-2-15(3-5-25)29-20-22-17-12-16(21)19(13-18(17)23-20)26-8-6-24(7-9-26)10-11-27;;/h12-13,15,27H,2-11H2,1H3,(H,22,23);2*1H. The number of carbonyl (C=O) groups is 1. The molecule has 0 bridgehead atoms. The summed E-state index contributed by atoms with van der Waals surface area (Å²) >= 11 is 8.36. The molecule has 0 radical (unpaired) electrons. The number of imidazole rings is 1. The van der Waals surface area contributed by atoms with E-state index in [9.17, 15) is 4.79 Å². The molecule has 2 aliphatic rings. The fourth-order valence-electron chi connectivity index (χ4n) is 4.09. The van der Waals surface area contributed by atoms with Crippen LogP contribution in [0.5, 0.6) is 0 Å². The monoisotopic (exact) mass is 509 g/mol. The van der Waals surface area contributed by atoms with Gasteiger partial charge in [0, 0.05) is 58.0 Å². The summed E-state index contributed by atoms with van der Waals surface area (Å²) in [6.45, 7) is 7.86. The third kappa shape index (κ3) is 6.33. The van der Waals surface area contributed by atoms with Gasteiger partial charge in [0.25, 0.3) is 0 Å². The van der Waals surface area contributed by atoms with Gasteiger partial charge in [-0.05, 0) is 25.0 Å². The zero-order valence-electron chi connectivity index (χ0n) is 17.6. The molecule has 0 saturated carbocycles. The van der Waals surface area contributed by atoms with Gasteiger partial charge < -0.3 is 19.9 Å². The minimum absolute atomic E-state index is 0. The van der Waals surface area contributed by atoms with Crippen molar-refractivity contribution < 1.29 is 9.90 Å². The number of fused-ring (bicyclic) bond motifs is 1. The lowest BCUT2D eigenvalue weighted by molar-refractivity contribution is -0.129. The Morgan fingerprint density at radius 2 is 1.87 bits per heavy atom. The van der Waals surface area contributed by atoms with Crippen molar-refractivity contribution >= 4 is 70.8 Å². The second kappa shape index (κ2) is 11.8. The number of thioether (sulfide) groups is 1. The van der Waals surface area contributed by atoms with Gasteiger partial charge in [0.05, 0.1) is 28.4 Å². The van der Waals surface area contributed by atoms with E-state index in [2.05, 4.69) is 20.9 Å². The maximum Gasteiger partial charge on any atom is 0.219 e. The van der Waals surface area contributed by atoms with Crippen LogP contribution in [0.2, 0.25) is 5.02 Å². The van der Waals surface area contributed by atoms with Gasteiger partial charge in [-0.1, -0.05) is 23.4 Å². The molecule has 3 heterocycles. The van der Waals surface area contributed by atoms with Crippen molar-refractivity contribution in [3.8, 4) is 0 Å². The number of β-amino-alcohol motifs (C(OH)–C–C–N with tert-alkyl or cyclic N) is 1. The van der Waals surface area contributed by atoms with Crippen molar-refractivity contribution in [1.82, 2.24) is 19.8 Å². The summed E-state index contributed by atoms with van der Waals surface area (Å²) in [5.41, 5.74) is 2.92. The number of hydrogen-bond acceptors (Lipinski definition) is 6. The van der Waals surface area contributed by atoms with E-state index in [-0.39, 0.29) is 37.3 Å². The summed E-state index contributed by atoms with van der Waals surface area (Å²) in [4.78, 5) is 26.2. The zero-order valence-corrected chi connectivity index (χ0v) is 20.8. The molecule has 2 saturated heterocycles. The molecule has 2 aliphatic heterocycles. The van der Waals surface area contributed by atoms with Crippen molar-refractivity contribution in [1.29, 1.82) is 0 Å². The Morgan fingerprint density at radius 1 is 1.19 bits per heavy atom. The van der Waals surface area contributed by atoms with Gasteiger partial charge in [0.15, 0.2) is 5.16 Å². The number of anilines is 1. The lowest BCUT2D eigenvalue weighted by atomic mass is 10.1. The predicted octanol–water partition coefficient (Wildman–Crippen LogP) is 3.28. The minimum Gasteiger partial charge on any atom is -0.395 e. The van der Waals surface area contributed by atoms with Crippen LogP contribution >= 0.6 is 48.2 Å². The van der Waals surface area contributed by atoms with Gasteiger partial charge >= 0.3 is 0 Å². The van der Waals surface area contributed by atoms with Crippen molar-refractivity contribution in [2.75, 3.05) is 57.3 Å². The summed E-state index contributed by atoms with van der Waals surface area (Å²) < 4.78 is 0. The Hall–Kier alpha value is -0.900. The van der Waals surface area contributed by atoms with E-state index in [1.54, 1.807) is 18.7 Å².